The molecule has 0 saturated carbocycles. The molecule has 0 bridgehead atoms. The minimum Gasteiger partial charge on any atom is -0.306 e. The Balaban J connectivity index is 1.30. The number of allylic oxidation sites excluding steroid dienone is 6. The molecular formula is C30H43N. The number of piperidine rings is 1. The van der Waals surface area contributed by atoms with E-state index in [1.54, 1.807) is 33.4 Å². The molecule has 1 aromatic carbocycles. The Morgan fingerprint density at radius 3 is 2.61 bits per heavy atom. The minimum atomic E-state index is 0.789. The van der Waals surface area contributed by atoms with Gasteiger partial charge in [0.05, 0.1) is 0 Å². The maximum Gasteiger partial charge on any atom is -0.00168 e. The van der Waals surface area contributed by atoms with E-state index in [2.05, 4.69) is 62.2 Å². The van der Waals surface area contributed by atoms with E-state index in [1.165, 1.54) is 77.3 Å². The summed E-state index contributed by atoms with van der Waals surface area (Å²) in [7, 11) is 2.27. The number of likely N-dealkylation sites (tertiary alicyclic amines) is 1. The average molecular weight is 418 g/mol. The maximum atomic E-state index is 2.63. The molecule has 0 aromatic heterocycles. The first-order chi connectivity index (χ1) is 15.2. The van der Waals surface area contributed by atoms with E-state index in [0.717, 1.165) is 18.3 Å². The van der Waals surface area contributed by atoms with Gasteiger partial charge in [0, 0.05) is 0 Å². The van der Waals surface area contributed by atoms with Gasteiger partial charge in [0.25, 0.3) is 0 Å². The molecule has 1 nitrogen and oxygen atoms in total. The molecule has 0 radical (unpaired) electrons. The maximum absolute atomic E-state index is 2.63. The van der Waals surface area contributed by atoms with E-state index < -0.39 is 0 Å². The van der Waals surface area contributed by atoms with Crippen molar-refractivity contribution >= 4 is 0 Å². The van der Waals surface area contributed by atoms with Gasteiger partial charge in [-0.3, -0.25) is 0 Å². The van der Waals surface area contributed by atoms with Crippen LogP contribution >= 0.6 is 0 Å². The predicted molar refractivity (Wildman–Crippen MR) is 135 cm³/mol. The first-order valence-corrected chi connectivity index (χ1v) is 13.0. The van der Waals surface area contributed by atoms with Crippen LogP contribution in [0.15, 0.2) is 42.0 Å². The summed E-state index contributed by atoms with van der Waals surface area (Å²) in [5, 5.41) is 0. The molecule has 1 unspecified atom stereocenters. The van der Waals surface area contributed by atoms with E-state index in [-0.39, 0.29) is 0 Å². The molecule has 0 N–H and O–H groups in total. The standard InChI is InChI=1S/C30H43N/c1-4-5-6-7-10-26-22-27(26)11-8-12-28-21-25(23(2)29-13-9-14-30(28)29)16-15-24-17-19-31(3)20-18-24/h4-7,21-22,24,27H,8-20H2,1-3H3/b5-4-,7-6-. The van der Waals surface area contributed by atoms with Gasteiger partial charge in [0.1, 0.15) is 0 Å². The molecule has 2 aliphatic carbocycles. The van der Waals surface area contributed by atoms with Crippen LogP contribution in [0.5, 0.6) is 0 Å². The fourth-order valence-electron chi connectivity index (χ4n) is 5.91. The zero-order chi connectivity index (χ0) is 21.6. The third kappa shape index (κ3) is 6.01. The second kappa shape index (κ2) is 10.8. The number of rotatable bonds is 10. The van der Waals surface area contributed by atoms with Crippen molar-refractivity contribution in [3.63, 3.8) is 0 Å². The second-order valence-corrected chi connectivity index (χ2v) is 10.3. The summed E-state index contributed by atoms with van der Waals surface area (Å²) in [6.45, 7) is 7.08. The number of hydrogen-bond donors (Lipinski definition) is 0. The van der Waals surface area contributed by atoms with Gasteiger partial charge >= 0.3 is 0 Å². The van der Waals surface area contributed by atoms with Crippen LogP contribution in [0.3, 0.4) is 0 Å². The van der Waals surface area contributed by atoms with Crippen LogP contribution < -0.4 is 0 Å². The van der Waals surface area contributed by atoms with Gasteiger partial charge in [-0.25, -0.2) is 0 Å². The van der Waals surface area contributed by atoms with Crippen molar-refractivity contribution in [3.8, 4) is 0 Å². The molecule has 1 heterocycles. The summed E-state index contributed by atoms with van der Waals surface area (Å²) in [6.07, 6.45) is 25.8. The van der Waals surface area contributed by atoms with Crippen molar-refractivity contribution in [3.05, 3.63) is 69.8 Å². The van der Waals surface area contributed by atoms with E-state index in [1.807, 2.05) is 0 Å². The second-order valence-electron chi connectivity index (χ2n) is 10.3. The highest BCUT2D eigenvalue weighted by molar-refractivity contribution is 5.48. The van der Waals surface area contributed by atoms with Gasteiger partial charge in [-0.1, -0.05) is 42.0 Å². The Bertz CT molecular complexity index is 832. The zero-order valence-electron chi connectivity index (χ0n) is 20.3. The average Bonchev–Trinajstić information content (AvgIpc) is 3.32. The third-order valence-corrected chi connectivity index (χ3v) is 8.09. The molecule has 4 rings (SSSR count). The normalized spacial score (nSPS) is 21.9. The highest BCUT2D eigenvalue weighted by Gasteiger charge is 2.24. The summed E-state index contributed by atoms with van der Waals surface area (Å²) in [5.41, 5.74) is 10.1. The first-order valence-electron chi connectivity index (χ1n) is 13.0. The topological polar surface area (TPSA) is 3.24 Å². The Hall–Kier alpha value is -1.60. The van der Waals surface area contributed by atoms with E-state index in [9.17, 15) is 0 Å². The smallest absolute Gasteiger partial charge is 0.00168 e. The first kappa shape index (κ1) is 22.6. The minimum absolute atomic E-state index is 0.789. The van der Waals surface area contributed by atoms with Crippen LogP contribution in [0.4, 0.5) is 0 Å². The lowest BCUT2D eigenvalue weighted by molar-refractivity contribution is 0.212. The molecule has 1 fully saturated rings. The van der Waals surface area contributed by atoms with Crippen LogP contribution in [-0.2, 0) is 25.7 Å². The Morgan fingerprint density at radius 2 is 1.81 bits per heavy atom. The van der Waals surface area contributed by atoms with Crippen molar-refractivity contribution in [1.29, 1.82) is 0 Å². The van der Waals surface area contributed by atoms with Crippen molar-refractivity contribution in [2.24, 2.45) is 11.8 Å². The highest BCUT2D eigenvalue weighted by atomic mass is 15.1. The molecule has 3 aliphatic rings. The number of hydrogen-bond acceptors (Lipinski definition) is 1. The van der Waals surface area contributed by atoms with Gasteiger partial charge in [-0.05, 0) is 144 Å². The molecule has 1 aromatic rings. The Morgan fingerprint density at radius 1 is 1.00 bits per heavy atom. The summed E-state index contributed by atoms with van der Waals surface area (Å²) in [5.74, 6) is 1.73. The fourth-order valence-corrected chi connectivity index (χ4v) is 5.91. The van der Waals surface area contributed by atoms with E-state index in [4.69, 9.17) is 0 Å². The van der Waals surface area contributed by atoms with Gasteiger partial charge in [0.2, 0.25) is 0 Å². The molecule has 0 amide bonds. The highest BCUT2D eigenvalue weighted by Crippen LogP contribution is 2.38. The summed E-state index contributed by atoms with van der Waals surface area (Å²) < 4.78 is 0. The van der Waals surface area contributed by atoms with Crippen molar-refractivity contribution in [1.82, 2.24) is 4.90 Å². The number of benzene rings is 1. The van der Waals surface area contributed by atoms with Crippen LogP contribution in [0.2, 0.25) is 0 Å². The number of aryl methyl sites for hydroxylation is 2. The SMILES string of the molecule is C/C=C\C=C/CC1=CC1CCCc1cc(CCC2CCN(C)CC2)c(C)c2c1CCC2. The van der Waals surface area contributed by atoms with E-state index in [0.29, 0.717) is 0 Å². The quantitative estimate of drug-likeness (QED) is 0.288. The van der Waals surface area contributed by atoms with E-state index >= 15 is 0 Å². The fraction of sp³-hybridized carbons (Fsp3) is 0.600. The van der Waals surface area contributed by atoms with Gasteiger partial charge in [-0.2, -0.15) is 0 Å². The lowest BCUT2D eigenvalue weighted by atomic mass is 9.86. The Labute approximate surface area is 191 Å². The van der Waals surface area contributed by atoms with Crippen LogP contribution in [0.1, 0.15) is 79.7 Å². The van der Waals surface area contributed by atoms with Crippen LogP contribution in [0, 0.1) is 18.8 Å². The lowest BCUT2D eigenvalue weighted by Gasteiger charge is -2.29. The van der Waals surface area contributed by atoms with Crippen LogP contribution in [0.25, 0.3) is 0 Å². The molecule has 1 heteroatoms. The molecule has 31 heavy (non-hydrogen) atoms. The van der Waals surface area contributed by atoms with Gasteiger partial charge in [-0.15, -0.1) is 0 Å². The van der Waals surface area contributed by atoms with Crippen molar-refractivity contribution in [2.75, 3.05) is 20.1 Å². The molecule has 168 valence electrons. The zero-order valence-corrected chi connectivity index (χ0v) is 20.3. The van der Waals surface area contributed by atoms with Gasteiger partial charge in [0.15, 0.2) is 0 Å². The Kier molecular flexibility index (Phi) is 7.88. The van der Waals surface area contributed by atoms with Gasteiger partial charge < -0.3 is 4.90 Å². The number of nitrogens with zero attached hydrogens (tertiary/aromatic N) is 1. The third-order valence-electron chi connectivity index (χ3n) is 8.09. The van der Waals surface area contributed by atoms with Crippen molar-refractivity contribution < 1.29 is 0 Å². The monoisotopic (exact) mass is 417 g/mol. The molecule has 1 saturated heterocycles. The predicted octanol–water partition coefficient (Wildman–Crippen LogP) is 7.16. The summed E-state index contributed by atoms with van der Waals surface area (Å²) in [6, 6.07) is 2.63. The largest absolute Gasteiger partial charge is 0.306 e. The lowest BCUT2D eigenvalue weighted by Crippen LogP contribution is -2.30. The molecule has 1 aliphatic heterocycles. The summed E-state index contributed by atoms with van der Waals surface area (Å²) >= 11 is 0. The summed E-state index contributed by atoms with van der Waals surface area (Å²) in [4.78, 5) is 2.49. The van der Waals surface area contributed by atoms with Crippen molar-refractivity contribution in [2.45, 2.75) is 84.5 Å². The van der Waals surface area contributed by atoms with Crippen LogP contribution in [-0.4, -0.2) is 25.0 Å². The molecule has 0 spiro atoms. The molecular weight excluding hydrogens is 374 g/mol. The number of fused-ring (bicyclic) bond motifs is 1. The molecule has 1 atom stereocenters.